The first kappa shape index (κ1) is 25.3. The summed E-state index contributed by atoms with van der Waals surface area (Å²) in [6.45, 7) is 3.45. The van der Waals surface area contributed by atoms with Crippen LogP contribution in [0, 0.1) is 5.82 Å². The van der Waals surface area contributed by atoms with Crippen LogP contribution in [0.25, 0.3) is 22.3 Å². The molecule has 3 heterocycles. The maximum absolute atomic E-state index is 13.9. The Bertz CT molecular complexity index is 1480. The van der Waals surface area contributed by atoms with Crippen LogP contribution < -0.4 is 21.3 Å². The van der Waals surface area contributed by atoms with Gasteiger partial charge >= 0.3 is 12.2 Å². The number of hydrogen-bond acceptors (Lipinski definition) is 6. The first-order chi connectivity index (χ1) is 18.1. The number of likely N-dealkylation sites (N-methyl/N-ethyl adjacent to an activating group) is 1. The molecule has 0 spiro atoms. The summed E-state index contributed by atoms with van der Waals surface area (Å²) in [6, 6.07) is 9.58. The van der Waals surface area contributed by atoms with Crippen molar-refractivity contribution in [1.29, 1.82) is 0 Å². The molecular weight excluding hydrogens is 504 g/mol. The number of nitrogen functional groups attached to an aromatic ring is 1. The molecule has 0 bridgehead atoms. The quantitative estimate of drug-likeness (QED) is 0.284. The minimum atomic E-state index is -4.67. The van der Waals surface area contributed by atoms with Crippen LogP contribution in [0.4, 0.5) is 45.5 Å². The average Bonchev–Trinajstić information content (AvgIpc) is 3.29. The molecule has 1 saturated heterocycles. The Balaban J connectivity index is 1.32. The summed E-state index contributed by atoms with van der Waals surface area (Å²) in [6.07, 6.45) is -4.67. The fraction of sp³-hybridized carbons (Fsp3) is 0.240. The summed E-state index contributed by atoms with van der Waals surface area (Å²) in [5, 5.41) is 5.44. The lowest BCUT2D eigenvalue weighted by Gasteiger charge is -2.33. The summed E-state index contributed by atoms with van der Waals surface area (Å²) < 4.78 is 52.7. The van der Waals surface area contributed by atoms with Gasteiger partial charge in [0.1, 0.15) is 17.3 Å². The van der Waals surface area contributed by atoms with E-state index in [1.807, 2.05) is 6.07 Å². The Labute approximate surface area is 214 Å². The third-order valence-electron chi connectivity index (χ3n) is 6.28. The van der Waals surface area contributed by atoms with E-state index in [9.17, 15) is 22.4 Å². The number of anilines is 4. The van der Waals surface area contributed by atoms with E-state index in [1.165, 1.54) is 0 Å². The molecule has 1 aliphatic heterocycles. The van der Waals surface area contributed by atoms with E-state index in [0.29, 0.717) is 29.5 Å². The molecule has 0 atom stereocenters. The Kier molecular flexibility index (Phi) is 6.53. The van der Waals surface area contributed by atoms with E-state index in [-0.39, 0.29) is 5.95 Å². The second-order valence-corrected chi connectivity index (χ2v) is 8.99. The number of hydrogen-bond donors (Lipinski definition) is 4. The van der Waals surface area contributed by atoms with Crippen molar-refractivity contribution < 1.29 is 22.4 Å². The number of urea groups is 1. The smallest absolute Gasteiger partial charge is 0.368 e. The molecule has 2 aromatic heterocycles. The first-order valence-corrected chi connectivity index (χ1v) is 11.7. The highest BCUT2D eigenvalue weighted by Crippen LogP contribution is 2.33. The zero-order chi connectivity index (χ0) is 27.0. The molecule has 4 aromatic rings. The van der Waals surface area contributed by atoms with Gasteiger partial charge in [0, 0.05) is 37.6 Å². The van der Waals surface area contributed by atoms with E-state index in [2.05, 4.69) is 42.4 Å². The number of carbonyl (C=O) groups is 1. The Morgan fingerprint density at radius 1 is 1.00 bits per heavy atom. The van der Waals surface area contributed by atoms with Gasteiger partial charge in [-0.25, -0.2) is 9.18 Å². The number of alkyl halides is 3. The van der Waals surface area contributed by atoms with E-state index in [4.69, 9.17) is 5.73 Å². The van der Waals surface area contributed by atoms with E-state index in [1.54, 1.807) is 24.3 Å². The topological polar surface area (TPSA) is 115 Å². The van der Waals surface area contributed by atoms with Crippen molar-refractivity contribution in [3.05, 3.63) is 59.9 Å². The summed E-state index contributed by atoms with van der Waals surface area (Å²) in [4.78, 5) is 28.8. The van der Waals surface area contributed by atoms with Gasteiger partial charge in [0.15, 0.2) is 0 Å². The Morgan fingerprint density at radius 3 is 2.39 bits per heavy atom. The number of fused-ring (bicyclic) bond motifs is 1. The molecule has 2 aromatic carbocycles. The first-order valence-electron chi connectivity index (χ1n) is 11.7. The lowest BCUT2D eigenvalue weighted by atomic mass is 10.1. The highest BCUT2D eigenvalue weighted by atomic mass is 19.4. The predicted octanol–water partition coefficient (Wildman–Crippen LogP) is 4.76. The highest BCUT2D eigenvalue weighted by Gasteiger charge is 2.31. The van der Waals surface area contributed by atoms with Gasteiger partial charge in [-0.05, 0) is 49.0 Å². The third kappa shape index (κ3) is 5.32. The number of nitrogens with zero attached hydrogens (tertiary/aromatic N) is 4. The second-order valence-electron chi connectivity index (χ2n) is 8.99. The second kappa shape index (κ2) is 9.82. The van der Waals surface area contributed by atoms with E-state index >= 15 is 0 Å². The molecule has 0 radical (unpaired) electrons. The Morgan fingerprint density at radius 2 is 1.71 bits per heavy atom. The van der Waals surface area contributed by atoms with E-state index < -0.39 is 29.3 Å². The fourth-order valence-electron chi connectivity index (χ4n) is 4.24. The molecule has 5 rings (SSSR count). The summed E-state index contributed by atoms with van der Waals surface area (Å²) in [5.41, 5.74) is 6.83. The number of benzene rings is 2. The predicted molar refractivity (Wildman–Crippen MR) is 137 cm³/mol. The molecule has 0 saturated carbocycles. The lowest BCUT2D eigenvalue weighted by molar-refractivity contribution is -0.137. The summed E-state index contributed by atoms with van der Waals surface area (Å²) in [5.74, 6) is -0.0514. The number of aromatic amines is 1. The van der Waals surface area contributed by atoms with Crippen LogP contribution in [-0.4, -0.2) is 59.1 Å². The van der Waals surface area contributed by atoms with Gasteiger partial charge in [0.2, 0.25) is 5.95 Å². The molecule has 5 N–H and O–H groups in total. The number of carbonyl (C=O) groups excluding carboxylic acids is 1. The van der Waals surface area contributed by atoms with Crippen LogP contribution in [0.2, 0.25) is 0 Å². The van der Waals surface area contributed by atoms with Crippen LogP contribution in [-0.2, 0) is 6.18 Å². The normalized spacial score (nSPS) is 14.6. The zero-order valence-electron chi connectivity index (χ0n) is 20.2. The average molecular weight is 529 g/mol. The van der Waals surface area contributed by atoms with Gasteiger partial charge in [-0.1, -0.05) is 12.1 Å². The van der Waals surface area contributed by atoms with Gasteiger partial charge in [-0.3, -0.25) is 0 Å². The number of H-pyrrole nitrogens is 1. The minimum Gasteiger partial charge on any atom is -0.368 e. The molecule has 0 unspecified atom stereocenters. The fourth-order valence-corrected chi connectivity index (χ4v) is 4.24. The molecule has 13 heteroatoms. The number of halogens is 4. The minimum absolute atomic E-state index is 0.169. The number of nitrogens with two attached hydrogens (primary N) is 1. The van der Waals surface area contributed by atoms with Crippen molar-refractivity contribution in [1.82, 2.24) is 19.9 Å². The number of piperazine rings is 1. The largest absolute Gasteiger partial charge is 0.416 e. The number of amides is 2. The standard InChI is InChI=1S/C25H24F4N8O/c1-36-8-10-37(11-9-36)22-17-13-19(32-21(17)34-23(30)35-22)14-2-5-16(6-3-14)31-24(38)33-20-12-15(25(27,28)29)4-7-18(20)26/h2-7,12-13H,8-11H2,1H3,(H2,31,33,38)(H3,30,32,34,35). The molecule has 198 valence electrons. The number of rotatable bonds is 4. The van der Waals surface area contributed by atoms with Crippen molar-refractivity contribution in [3.63, 3.8) is 0 Å². The number of nitrogens with one attached hydrogen (secondary N) is 3. The third-order valence-corrected chi connectivity index (χ3v) is 6.28. The molecular formula is C25H24F4N8O. The van der Waals surface area contributed by atoms with Gasteiger partial charge < -0.3 is 31.2 Å². The van der Waals surface area contributed by atoms with Crippen molar-refractivity contribution in [2.75, 3.05) is 54.5 Å². The van der Waals surface area contributed by atoms with Crippen LogP contribution in [0.3, 0.4) is 0 Å². The van der Waals surface area contributed by atoms with Crippen LogP contribution in [0.15, 0.2) is 48.5 Å². The van der Waals surface area contributed by atoms with Crippen LogP contribution >= 0.6 is 0 Å². The number of aromatic nitrogens is 3. The van der Waals surface area contributed by atoms with Gasteiger partial charge in [-0.2, -0.15) is 23.1 Å². The highest BCUT2D eigenvalue weighted by molar-refractivity contribution is 6.00. The molecule has 1 fully saturated rings. The van der Waals surface area contributed by atoms with Crippen LogP contribution in [0.5, 0.6) is 0 Å². The molecule has 0 aliphatic carbocycles. The molecule has 1 aliphatic rings. The zero-order valence-corrected chi connectivity index (χ0v) is 20.2. The van der Waals surface area contributed by atoms with Gasteiger partial charge in [0.05, 0.1) is 16.6 Å². The van der Waals surface area contributed by atoms with Crippen molar-refractivity contribution in [3.8, 4) is 11.3 Å². The summed E-state index contributed by atoms with van der Waals surface area (Å²) >= 11 is 0. The molecule has 38 heavy (non-hydrogen) atoms. The maximum Gasteiger partial charge on any atom is 0.416 e. The molecule has 9 nitrogen and oxygen atoms in total. The monoisotopic (exact) mass is 528 g/mol. The van der Waals surface area contributed by atoms with Crippen molar-refractivity contribution >= 4 is 40.2 Å². The van der Waals surface area contributed by atoms with E-state index in [0.717, 1.165) is 48.6 Å². The molecule has 2 amide bonds. The van der Waals surface area contributed by atoms with Gasteiger partial charge in [0.25, 0.3) is 0 Å². The maximum atomic E-state index is 13.9. The van der Waals surface area contributed by atoms with Crippen molar-refractivity contribution in [2.45, 2.75) is 6.18 Å². The Hall–Kier alpha value is -4.39. The lowest BCUT2D eigenvalue weighted by Crippen LogP contribution is -2.45. The van der Waals surface area contributed by atoms with Gasteiger partial charge in [-0.15, -0.1) is 0 Å². The SMILES string of the molecule is CN1CCN(c2nc(N)nc3[nH]c(-c4ccc(NC(=O)Nc5cc(C(F)(F)F)ccc5F)cc4)cc23)CC1. The van der Waals surface area contributed by atoms with Crippen LogP contribution in [0.1, 0.15) is 5.56 Å². The summed E-state index contributed by atoms with van der Waals surface area (Å²) in [7, 11) is 2.07. The van der Waals surface area contributed by atoms with Crippen molar-refractivity contribution in [2.24, 2.45) is 0 Å².